The summed E-state index contributed by atoms with van der Waals surface area (Å²) in [7, 11) is 0. The summed E-state index contributed by atoms with van der Waals surface area (Å²) in [6, 6.07) is 15.6. The Morgan fingerprint density at radius 1 is 1.19 bits per heavy atom. The normalized spacial score (nSPS) is 16.4. The van der Waals surface area contributed by atoms with Gasteiger partial charge in [-0.2, -0.15) is 0 Å². The molecule has 1 aromatic heterocycles. The predicted molar refractivity (Wildman–Crippen MR) is 142 cm³/mol. The van der Waals surface area contributed by atoms with Gasteiger partial charge >= 0.3 is 0 Å². The first-order valence-electron chi connectivity index (χ1n) is 12.7. The number of hydrogen-bond donors (Lipinski definition) is 2. The Kier molecular flexibility index (Phi) is 7.67. The zero-order valence-electron chi connectivity index (χ0n) is 20.7. The van der Waals surface area contributed by atoms with Crippen LogP contribution >= 0.6 is 11.6 Å². The summed E-state index contributed by atoms with van der Waals surface area (Å²) >= 11 is 6.45. The number of benzene rings is 2. The molecule has 0 aliphatic carbocycles. The molecule has 2 amide bonds. The van der Waals surface area contributed by atoms with Crippen LogP contribution in [0.5, 0.6) is 0 Å². The topological polar surface area (TPSA) is 96.5 Å². The van der Waals surface area contributed by atoms with Crippen LogP contribution in [-0.2, 0) is 16.1 Å². The van der Waals surface area contributed by atoms with E-state index in [9.17, 15) is 9.59 Å². The number of aromatic nitrogens is 2. The van der Waals surface area contributed by atoms with Crippen LogP contribution < -0.4 is 10.6 Å². The van der Waals surface area contributed by atoms with E-state index in [4.69, 9.17) is 16.3 Å². The van der Waals surface area contributed by atoms with E-state index in [2.05, 4.69) is 20.6 Å². The lowest BCUT2D eigenvalue weighted by molar-refractivity contribution is -0.122. The number of carbonyl (C=O) groups excluding carboxylic acids is 2. The number of amides is 2. The zero-order valence-corrected chi connectivity index (χ0v) is 21.5. The highest BCUT2D eigenvalue weighted by Gasteiger charge is 2.30. The number of ether oxygens (including phenoxy) is 1. The van der Waals surface area contributed by atoms with E-state index in [-0.39, 0.29) is 30.4 Å². The average Bonchev–Trinajstić information content (AvgIpc) is 3.23. The summed E-state index contributed by atoms with van der Waals surface area (Å²) in [5.41, 5.74) is 3.78. The predicted octanol–water partition coefficient (Wildman–Crippen LogP) is 4.61. The first-order chi connectivity index (χ1) is 18.0. The van der Waals surface area contributed by atoms with Crippen molar-refractivity contribution in [3.05, 3.63) is 76.4 Å². The van der Waals surface area contributed by atoms with Crippen LogP contribution in [0, 0.1) is 0 Å². The van der Waals surface area contributed by atoms with Crippen molar-refractivity contribution in [1.29, 1.82) is 0 Å². The molecule has 3 aromatic rings. The van der Waals surface area contributed by atoms with Gasteiger partial charge in [0, 0.05) is 36.9 Å². The number of hydrogen-bond acceptors (Lipinski definition) is 6. The first kappa shape index (κ1) is 25.2. The van der Waals surface area contributed by atoms with E-state index in [0.29, 0.717) is 42.0 Å². The number of fused-ring (bicyclic) bond motifs is 1. The second-order valence-electron chi connectivity index (χ2n) is 9.39. The molecular weight excluding hydrogens is 490 g/mol. The Labute approximate surface area is 221 Å². The summed E-state index contributed by atoms with van der Waals surface area (Å²) in [5, 5.41) is 6.83. The molecule has 2 aliphatic rings. The fraction of sp³-hybridized carbons (Fsp3) is 0.357. The molecule has 1 saturated heterocycles. The van der Waals surface area contributed by atoms with E-state index in [1.807, 2.05) is 49.4 Å². The molecule has 2 aliphatic heterocycles. The molecule has 5 rings (SSSR count). The number of nitrogens with one attached hydrogen (secondary N) is 2. The van der Waals surface area contributed by atoms with Gasteiger partial charge in [-0.1, -0.05) is 61.0 Å². The first-order valence-corrected chi connectivity index (χ1v) is 13.0. The molecular formula is C28H30ClN5O3. The monoisotopic (exact) mass is 519 g/mol. The maximum Gasteiger partial charge on any atom is 0.254 e. The van der Waals surface area contributed by atoms with E-state index < -0.39 is 0 Å². The second kappa shape index (κ2) is 11.3. The van der Waals surface area contributed by atoms with E-state index in [1.165, 1.54) is 0 Å². The van der Waals surface area contributed by atoms with E-state index >= 15 is 0 Å². The van der Waals surface area contributed by atoms with Gasteiger partial charge in [-0.05, 0) is 36.5 Å². The Bertz CT molecular complexity index is 1280. The lowest BCUT2D eigenvalue weighted by Crippen LogP contribution is -2.39. The van der Waals surface area contributed by atoms with Crippen LogP contribution in [0.15, 0.2) is 54.7 Å². The Hall–Kier alpha value is -3.49. The molecule has 1 fully saturated rings. The summed E-state index contributed by atoms with van der Waals surface area (Å²) in [6.07, 6.45) is 4.12. The van der Waals surface area contributed by atoms with Crippen LogP contribution in [0.1, 0.15) is 53.7 Å². The Balaban J connectivity index is 1.28. The molecule has 3 heterocycles. The smallest absolute Gasteiger partial charge is 0.254 e. The van der Waals surface area contributed by atoms with Crippen molar-refractivity contribution in [1.82, 2.24) is 20.2 Å². The number of carbonyl (C=O) groups is 2. The van der Waals surface area contributed by atoms with E-state index in [1.54, 1.807) is 17.2 Å². The van der Waals surface area contributed by atoms with Crippen molar-refractivity contribution in [2.75, 3.05) is 25.1 Å². The van der Waals surface area contributed by atoms with Gasteiger partial charge in [0.05, 0.1) is 23.0 Å². The van der Waals surface area contributed by atoms with Gasteiger partial charge in [0.15, 0.2) is 0 Å². The third-order valence-corrected chi connectivity index (χ3v) is 7.12. The second-order valence-corrected chi connectivity index (χ2v) is 9.80. The molecule has 2 N–H and O–H groups in total. The standard InChI is InChI=1S/C28H30ClN5O3/c1-2-24(18-6-4-3-5-7-18)32-25(35)17-34-16-20-9-8-19(14-22(20)27(34)36)26-23(29)15-30-28(33-26)31-21-10-12-37-13-11-21/h3-9,14-15,21,24H,2,10-13,16-17H2,1H3,(H,32,35)(H,30,31,33). The molecule has 9 heteroatoms. The molecule has 0 bridgehead atoms. The van der Waals surface area contributed by atoms with Crippen molar-refractivity contribution in [3.8, 4) is 11.3 Å². The lowest BCUT2D eigenvalue weighted by Gasteiger charge is -2.23. The zero-order chi connectivity index (χ0) is 25.8. The maximum atomic E-state index is 13.2. The summed E-state index contributed by atoms with van der Waals surface area (Å²) in [6.45, 7) is 3.84. The lowest BCUT2D eigenvalue weighted by atomic mass is 10.0. The van der Waals surface area contributed by atoms with Crippen molar-refractivity contribution in [3.63, 3.8) is 0 Å². The number of rotatable bonds is 8. The number of anilines is 1. The van der Waals surface area contributed by atoms with Crippen LogP contribution in [-0.4, -0.2) is 52.5 Å². The minimum Gasteiger partial charge on any atom is -0.381 e. The van der Waals surface area contributed by atoms with Gasteiger partial charge in [-0.25, -0.2) is 9.97 Å². The SMILES string of the molecule is CCC(NC(=O)CN1Cc2ccc(-c3nc(NC4CCOCC4)ncc3Cl)cc2C1=O)c1ccccc1. The van der Waals surface area contributed by atoms with Crippen molar-refractivity contribution >= 4 is 29.4 Å². The van der Waals surface area contributed by atoms with Gasteiger partial charge in [0.25, 0.3) is 5.91 Å². The minimum atomic E-state index is -0.181. The third kappa shape index (κ3) is 5.76. The van der Waals surface area contributed by atoms with Crippen molar-refractivity contribution in [2.45, 2.75) is 44.8 Å². The average molecular weight is 520 g/mol. The van der Waals surface area contributed by atoms with Gasteiger partial charge in [-0.3, -0.25) is 9.59 Å². The van der Waals surface area contributed by atoms with Gasteiger partial charge in [0.2, 0.25) is 11.9 Å². The molecule has 8 nitrogen and oxygen atoms in total. The minimum absolute atomic E-state index is 0.000383. The van der Waals surface area contributed by atoms with Gasteiger partial charge in [-0.15, -0.1) is 0 Å². The summed E-state index contributed by atoms with van der Waals surface area (Å²) in [5.74, 6) is 0.144. The summed E-state index contributed by atoms with van der Waals surface area (Å²) in [4.78, 5) is 36.6. The fourth-order valence-corrected chi connectivity index (χ4v) is 5.02. The highest BCUT2D eigenvalue weighted by Crippen LogP contribution is 2.31. The summed E-state index contributed by atoms with van der Waals surface area (Å²) < 4.78 is 5.42. The number of halogens is 1. The van der Waals surface area contributed by atoms with Crippen LogP contribution in [0.2, 0.25) is 5.02 Å². The van der Waals surface area contributed by atoms with Crippen LogP contribution in [0.3, 0.4) is 0 Å². The highest BCUT2D eigenvalue weighted by atomic mass is 35.5. The molecule has 37 heavy (non-hydrogen) atoms. The molecule has 0 saturated carbocycles. The largest absolute Gasteiger partial charge is 0.381 e. The quantitative estimate of drug-likeness (QED) is 0.451. The van der Waals surface area contributed by atoms with Crippen LogP contribution in [0.4, 0.5) is 5.95 Å². The molecule has 2 aromatic carbocycles. The fourth-order valence-electron chi connectivity index (χ4n) is 4.82. The molecule has 192 valence electrons. The highest BCUT2D eigenvalue weighted by molar-refractivity contribution is 6.33. The third-order valence-electron chi connectivity index (χ3n) is 6.84. The number of nitrogens with zero attached hydrogens (tertiary/aromatic N) is 3. The van der Waals surface area contributed by atoms with Crippen molar-refractivity contribution in [2.24, 2.45) is 0 Å². The Morgan fingerprint density at radius 2 is 1.97 bits per heavy atom. The Morgan fingerprint density at radius 3 is 2.73 bits per heavy atom. The van der Waals surface area contributed by atoms with Gasteiger partial charge in [0.1, 0.15) is 6.54 Å². The molecule has 1 atom stereocenters. The molecule has 0 spiro atoms. The van der Waals surface area contributed by atoms with E-state index in [0.717, 1.165) is 36.0 Å². The van der Waals surface area contributed by atoms with Gasteiger partial charge < -0.3 is 20.3 Å². The molecule has 0 radical (unpaired) electrons. The van der Waals surface area contributed by atoms with Crippen molar-refractivity contribution < 1.29 is 14.3 Å². The molecule has 1 unspecified atom stereocenters. The maximum absolute atomic E-state index is 13.2. The van der Waals surface area contributed by atoms with Crippen LogP contribution in [0.25, 0.3) is 11.3 Å².